The second-order valence-electron chi connectivity index (χ2n) is 6.35. The fourth-order valence-electron chi connectivity index (χ4n) is 3.18. The van der Waals surface area contributed by atoms with Crippen LogP contribution in [0.2, 0.25) is 0 Å². The van der Waals surface area contributed by atoms with Gasteiger partial charge in [-0.15, -0.1) is 0 Å². The normalized spacial score (nSPS) is 20.7. The van der Waals surface area contributed by atoms with Crippen molar-refractivity contribution in [1.82, 2.24) is 15.2 Å². The fraction of sp³-hybridized carbons (Fsp3) is 0.368. The summed E-state index contributed by atoms with van der Waals surface area (Å²) in [7, 11) is 3.72. The van der Waals surface area contributed by atoms with Crippen molar-refractivity contribution in [3.05, 3.63) is 54.4 Å². The third kappa shape index (κ3) is 4.48. The van der Waals surface area contributed by atoms with Gasteiger partial charge in [0.2, 0.25) is 0 Å². The molecule has 6 nitrogen and oxygen atoms in total. The molecule has 1 saturated heterocycles. The molecule has 3 rings (SSSR count). The predicted molar refractivity (Wildman–Crippen MR) is 98.0 cm³/mol. The molecular weight excluding hydrogens is 316 g/mol. The highest BCUT2D eigenvalue weighted by Crippen LogP contribution is 2.26. The molecule has 1 aliphatic heterocycles. The van der Waals surface area contributed by atoms with Gasteiger partial charge in [0.05, 0.1) is 13.3 Å². The van der Waals surface area contributed by atoms with E-state index in [4.69, 9.17) is 4.74 Å². The van der Waals surface area contributed by atoms with Crippen molar-refractivity contribution in [2.24, 2.45) is 0 Å². The number of amides is 2. The molecule has 2 atom stereocenters. The highest BCUT2D eigenvalue weighted by atomic mass is 16.5. The number of nitrogens with zero attached hydrogens (tertiary/aromatic N) is 2. The maximum absolute atomic E-state index is 12.4. The van der Waals surface area contributed by atoms with E-state index in [-0.39, 0.29) is 18.0 Å². The number of methoxy groups -OCH3 is 1. The molecule has 2 unspecified atom stereocenters. The Bertz CT molecular complexity index is 690. The lowest BCUT2D eigenvalue weighted by Gasteiger charge is -2.36. The average Bonchev–Trinajstić information content (AvgIpc) is 2.64. The lowest BCUT2D eigenvalue weighted by Crippen LogP contribution is -2.50. The van der Waals surface area contributed by atoms with Crippen molar-refractivity contribution >= 4 is 11.7 Å². The van der Waals surface area contributed by atoms with Crippen molar-refractivity contribution in [3.8, 4) is 5.75 Å². The minimum Gasteiger partial charge on any atom is -0.495 e. The molecule has 0 bridgehead atoms. The predicted octanol–water partition coefficient (Wildman–Crippen LogP) is 2.70. The Kier molecular flexibility index (Phi) is 5.50. The van der Waals surface area contributed by atoms with Gasteiger partial charge in [0.15, 0.2) is 0 Å². The zero-order valence-corrected chi connectivity index (χ0v) is 14.6. The van der Waals surface area contributed by atoms with E-state index in [9.17, 15) is 4.79 Å². The Morgan fingerprint density at radius 2 is 2.04 bits per heavy atom. The zero-order chi connectivity index (χ0) is 17.6. The molecule has 2 aromatic rings. The van der Waals surface area contributed by atoms with Gasteiger partial charge < -0.3 is 20.3 Å². The second kappa shape index (κ2) is 7.98. The van der Waals surface area contributed by atoms with E-state index in [2.05, 4.69) is 27.6 Å². The summed E-state index contributed by atoms with van der Waals surface area (Å²) in [5.41, 5.74) is 1.75. The van der Waals surface area contributed by atoms with Crippen molar-refractivity contribution in [2.45, 2.75) is 18.4 Å². The number of piperidine rings is 1. The van der Waals surface area contributed by atoms with E-state index in [1.165, 1.54) is 0 Å². The summed E-state index contributed by atoms with van der Waals surface area (Å²) in [5.74, 6) is 0.880. The lowest BCUT2D eigenvalue weighted by molar-refractivity contribution is 0.200. The van der Waals surface area contributed by atoms with E-state index in [1.807, 2.05) is 42.5 Å². The number of carbonyl (C=O) groups excluding carboxylic acids is 1. The number of para-hydroxylation sites is 1. The Morgan fingerprint density at radius 3 is 2.72 bits per heavy atom. The first kappa shape index (κ1) is 17.2. The number of pyridine rings is 1. The minimum atomic E-state index is -0.181. The van der Waals surface area contributed by atoms with Crippen molar-refractivity contribution in [3.63, 3.8) is 0 Å². The van der Waals surface area contributed by atoms with Gasteiger partial charge in [-0.2, -0.15) is 0 Å². The van der Waals surface area contributed by atoms with Crippen LogP contribution < -0.4 is 15.4 Å². The van der Waals surface area contributed by atoms with Crippen LogP contribution in [0.1, 0.15) is 18.0 Å². The van der Waals surface area contributed by atoms with Gasteiger partial charge in [0.25, 0.3) is 0 Å². The summed E-state index contributed by atoms with van der Waals surface area (Å²) in [6.07, 6.45) is 2.61. The molecular formula is C19H24N4O2. The number of hydrogen-bond acceptors (Lipinski definition) is 4. The largest absolute Gasteiger partial charge is 0.495 e. The van der Waals surface area contributed by atoms with Gasteiger partial charge in [-0.25, -0.2) is 4.79 Å². The van der Waals surface area contributed by atoms with Crippen molar-refractivity contribution < 1.29 is 9.53 Å². The summed E-state index contributed by atoms with van der Waals surface area (Å²) in [6.45, 7) is 1.80. The maximum Gasteiger partial charge on any atom is 0.319 e. The SMILES string of the molecule is COc1ccc(C2CN(C)CCC2NC(=O)Nc2ccccc2)nc1. The van der Waals surface area contributed by atoms with Crippen molar-refractivity contribution in [1.29, 1.82) is 0 Å². The monoisotopic (exact) mass is 340 g/mol. The van der Waals surface area contributed by atoms with E-state index < -0.39 is 0 Å². The highest BCUT2D eigenvalue weighted by molar-refractivity contribution is 5.89. The zero-order valence-electron chi connectivity index (χ0n) is 14.6. The first-order valence-corrected chi connectivity index (χ1v) is 8.47. The van der Waals surface area contributed by atoms with Crippen LogP contribution in [0.25, 0.3) is 0 Å². The van der Waals surface area contributed by atoms with Crippen LogP contribution in [0.5, 0.6) is 5.75 Å². The Balaban J connectivity index is 1.69. The van der Waals surface area contributed by atoms with E-state index in [0.717, 1.165) is 36.6 Å². The van der Waals surface area contributed by atoms with Crippen LogP contribution in [-0.2, 0) is 0 Å². The van der Waals surface area contributed by atoms with Gasteiger partial charge in [0, 0.05) is 29.9 Å². The van der Waals surface area contributed by atoms with Crippen LogP contribution >= 0.6 is 0 Å². The van der Waals surface area contributed by atoms with Crippen LogP contribution in [0, 0.1) is 0 Å². The summed E-state index contributed by atoms with van der Waals surface area (Å²) < 4.78 is 5.18. The smallest absolute Gasteiger partial charge is 0.319 e. The van der Waals surface area contributed by atoms with Crippen molar-refractivity contribution in [2.75, 3.05) is 32.6 Å². The average molecular weight is 340 g/mol. The molecule has 1 aromatic heterocycles. The van der Waals surface area contributed by atoms with Gasteiger partial charge in [-0.1, -0.05) is 18.2 Å². The minimum absolute atomic E-state index is 0.0424. The number of nitrogens with one attached hydrogen (secondary N) is 2. The second-order valence-corrected chi connectivity index (χ2v) is 6.35. The number of anilines is 1. The molecule has 25 heavy (non-hydrogen) atoms. The molecule has 2 amide bonds. The first-order valence-electron chi connectivity index (χ1n) is 8.47. The van der Waals surface area contributed by atoms with E-state index in [1.54, 1.807) is 13.3 Å². The summed E-state index contributed by atoms with van der Waals surface area (Å²) >= 11 is 0. The molecule has 0 aliphatic carbocycles. The van der Waals surface area contributed by atoms with Crippen LogP contribution in [0.15, 0.2) is 48.7 Å². The fourth-order valence-corrected chi connectivity index (χ4v) is 3.18. The molecule has 1 aromatic carbocycles. The molecule has 2 heterocycles. The van der Waals surface area contributed by atoms with Gasteiger partial charge in [-0.05, 0) is 44.3 Å². The molecule has 1 fully saturated rings. The Labute approximate surface area is 148 Å². The quantitative estimate of drug-likeness (QED) is 0.898. The first-order chi connectivity index (χ1) is 12.2. The number of urea groups is 1. The third-order valence-corrected chi connectivity index (χ3v) is 4.54. The number of likely N-dealkylation sites (N-methyl/N-ethyl adjacent to an activating group) is 1. The molecule has 0 radical (unpaired) electrons. The molecule has 0 saturated carbocycles. The standard InChI is InChI=1S/C19H24N4O2/c1-23-11-10-18(22-19(24)21-14-6-4-3-5-7-14)16(13-23)17-9-8-15(25-2)12-20-17/h3-9,12,16,18H,10-11,13H2,1-2H3,(H2,21,22,24). The summed E-state index contributed by atoms with van der Waals surface area (Å²) in [6, 6.07) is 13.2. The summed E-state index contributed by atoms with van der Waals surface area (Å²) in [4.78, 5) is 19.2. The molecule has 0 spiro atoms. The van der Waals surface area contributed by atoms with E-state index >= 15 is 0 Å². The number of carbonyl (C=O) groups is 1. The van der Waals surface area contributed by atoms with Gasteiger partial charge >= 0.3 is 6.03 Å². The number of rotatable bonds is 4. The van der Waals surface area contributed by atoms with Crippen LogP contribution in [-0.4, -0.2) is 49.2 Å². The van der Waals surface area contributed by atoms with E-state index in [0.29, 0.717) is 0 Å². The van der Waals surface area contributed by atoms with Crippen LogP contribution in [0.4, 0.5) is 10.5 Å². The maximum atomic E-state index is 12.4. The number of ether oxygens (including phenoxy) is 1. The molecule has 2 N–H and O–H groups in total. The summed E-state index contributed by atoms with van der Waals surface area (Å²) in [5, 5.41) is 6.00. The number of aromatic nitrogens is 1. The molecule has 1 aliphatic rings. The van der Waals surface area contributed by atoms with Gasteiger partial charge in [-0.3, -0.25) is 4.98 Å². The topological polar surface area (TPSA) is 66.5 Å². The number of benzene rings is 1. The van der Waals surface area contributed by atoms with Crippen LogP contribution in [0.3, 0.4) is 0 Å². The molecule has 6 heteroatoms. The third-order valence-electron chi connectivity index (χ3n) is 4.54. The number of likely N-dealkylation sites (tertiary alicyclic amines) is 1. The highest BCUT2D eigenvalue weighted by Gasteiger charge is 2.31. The number of hydrogen-bond donors (Lipinski definition) is 2. The van der Waals surface area contributed by atoms with Gasteiger partial charge in [0.1, 0.15) is 5.75 Å². The lowest BCUT2D eigenvalue weighted by atomic mass is 9.89. The Hall–Kier alpha value is -2.60. The Morgan fingerprint density at radius 1 is 1.24 bits per heavy atom. The molecule has 132 valence electrons.